The second-order valence-corrected chi connectivity index (χ2v) is 6.04. The second-order valence-electron chi connectivity index (χ2n) is 5.70. The van der Waals surface area contributed by atoms with Gasteiger partial charge in [-0.15, -0.1) is 0 Å². The van der Waals surface area contributed by atoms with E-state index < -0.39 is 11.7 Å². The number of alkyl halides is 3. The van der Waals surface area contributed by atoms with Gasteiger partial charge < -0.3 is 9.64 Å². The molecule has 0 saturated carbocycles. The number of anilines is 1. The van der Waals surface area contributed by atoms with Crippen LogP contribution in [-0.4, -0.2) is 28.1 Å². The van der Waals surface area contributed by atoms with Crippen LogP contribution in [0.4, 0.5) is 19.0 Å². The monoisotopic (exact) mass is 356 g/mol. The molecule has 2 aromatic rings. The van der Waals surface area contributed by atoms with Crippen molar-refractivity contribution in [1.29, 1.82) is 0 Å². The highest BCUT2D eigenvalue weighted by Crippen LogP contribution is 2.35. The van der Waals surface area contributed by atoms with Crippen LogP contribution in [0.3, 0.4) is 0 Å². The number of rotatable bonds is 1. The summed E-state index contributed by atoms with van der Waals surface area (Å²) in [4.78, 5) is 14.2. The minimum atomic E-state index is -4.41. The van der Waals surface area contributed by atoms with E-state index in [1.165, 1.54) is 0 Å². The molecule has 0 aromatic carbocycles. The predicted octanol–water partition coefficient (Wildman–Crippen LogP) is 3.04. The van der Waals surface area contributed by atoms with Gasteiger partial charge in [-0.05, 0) is 23.2 Å². The molecule has 0 radical (unpaired) electrons. The van der Waals surface area contributed by atoms with E-state index in [0.717, 1.165) is 17.8 Å². The highest BCUT2D eigenvalue weighted by molar-refractivity contribution is 6.28. The van der Waals surface area contributed by atoms with E-state index in [4.69, 9.17) is 16.3 Å². The summed E-state index contributed by atoms with van der Waals surface area (Å²) < 4.78 is 44.1. The topological polar surface area (TPSA) is 51.1 Å². The standard InChI is InChI=1S/C15H12ClF3N4O/c16-14-21-12(10-2-4-24-13(10)22-14)23-3-1-11-8(7-23)5-9(6-20-11)15(17,18)19/h5-6H,1-4,7H2. The molecule has 0 fully saturated rings. The highest BCUT2D eigenvalue weighted by Gasteiger charge is 2.33. The highest BCUT2D eigenvalue weighted by atomic mass is 35.5. The largest absolute Gasteiger partial charge is 0.477 e. The maximum atomic E-state index is 12.9. The second kappa shape index (κ2) is 5.47. The molecule has 126 valence electrons. The molecule has 2 aromatic heterocycles. The van der Waals surface area contributed by atoms with E-state index >= 15 is 0 Å². The lowest BCUT2D eigenvalue weighted by Crippen LogP contribution is -2.32. The van der Waals surface area contributed by atoms with Crippen molar-refractivity contribution in [3.63, 3.8) is 0 Å². The fraction of sp³-hybridized carbons (Fsp3) is 0.400. The Morgan fingerprint density at radius 1 is 1.21 bits per heavy atom. The predicted molar refractivity (Wildman–Crippen MR) is 80.2 cm³/mol. The molecule has 0 N–H and O–H groups in total. The normalized spacial score (nSPS) is 16.6. The molecule has 4 rings (SSSR count). The Bertz CT molecular complexity index is 812. The van der Waals surface area contributed by atoms with Crippen LogP contribution in [0, 0.1) is 0 Å². The van der Waals surface area contributed by atoms with Gasteiger partial charge in [-0.25, -0.2) is 4.98 Å². The number of hydrogen-bond acceptors (Lipinski definition) is 5. The molecule has 0 aliphatic carbocycles. The van der Waals surface area contributed by atoms with Crippen LogP contribution in [0.25, 0.3) is 0 Å². The summed E-state index contributed by atoms with van der Waals surface area (Å²) in [6, 6.07) is 1.16. The van der Waals surface area contributed by atoms with Gasteiger partial charge in [0.15, 0.2) is 0 Å². The SMILES string of the molecule is FC(F)(F)c1cnc2c(c1)CN(c1nc(Cl)nc3c1CCO3)CC2. The lowest BCUT2D eigenvalue weighted by atomic mass is 10.0. The first-order valence-electron chi connectivity index (χ1n) is 7.41. The summed E-state index contributed by atoms with van der Waals surface area (Å²) >= 11 is 5.94. The maximum absolute atomic E-state index is 12.9. The van der Waals surface area contributed by atoms with Crippen molar-refractivity contribution in [2.45, 2.75) is 25.6 Å². The molecule has 0 atom stereocenters. The zero-order valence-corrected chi connectivity index (χ0v) is 13.2. The van der Waals surface area contributed by atoms with Gasteiger partial charge in [0.05, 0.1) is 17.7 Å². The average Bonchev–Trinajstić information content (AvgIpc) is 3.00. The third-order valence-corrected chi connectivity index (χ3v) is 4.35. The lowest BCUT2D eigenvalue weighted by molar-refractivity contribution is -0.137. The van der Waals surface area contributed by atoms with Crippen LogP contribution in [0.1, 0.15) is 22.4 Å². The summed E-state index contributed by atoms with van der Waals surface area (Å²) in [5.74, 6) is 1.09. The van der Waals surface area contributed by atoms with Gasteiger partial charge in [0.25, 0.3) is 0 Å². The quantitative estimate of drug-likeness (QED) is 0.735. The number of fused-ring (bicyclic) bond motifs is 2. The third-order valence-electron chi connectivity index (χ3n) is 4.18. The van der Waals surface area contributed by atoms with E-state index in [1.54, 1.807) is 0 Å². The average molecular weight is 357 g/mol. The first kappa shape index (κ1) is 15.4. The van der Waals surface area contributed by atoms with Crippen LogP contribution in [0.2, 0.25) is 5.28 Å². The zero-order chi connectivity index (χ0) is 16.9. The summed E-state index contributed by atoms with van der Waals surface area (Å²) in [6.45, 7) is 1.40. The first-order chi connectivity index (χ1) is 11.4. The summed E-state index contributed by atoms with van der Waals surface area (Å²) in [5.41, 5.74) is 1.35. The third kappa shape index (κ3) is 2.64. The van der Waals surface area contributed by atoms with E-state index in [1.807, 2.05) is 4.90 Å². The summed E-state index contributed by atoms with van der Waals surface area (Å²) in [6.07, 6.45) is -2.31. The number of aromatic nitrogens is 3. The van der Waals surface area contributed by atoms with Crippen molar-refractivity contribution >= 4 is 17.4 Å². The Kier molecular flexibility index (Phi) is 3.52. The van der Waals surface area contributed by atoms with Crippen molar-refractivity contribution < 1.29 is 17.9 Å². The van der Waals surface area contributed by atoms with Crippen LogP contribution >= 0.6 is 11.6 Å². The van der Waals surface area contributed by atoms with Crippen molar-refractivity contribution in [3.05, 3.63) is 39.9 Å². The van der Waals surface area contributed by atoms with Gasteiger partial charge in [-0.3, -0.25) is 4.98 Å². The van der Waals surface area contributed by atoms with Gasteiger partial charge in [0.2, 0.25) is 11.2 Å². The number of nitrogens with zero attached hydrogens (tertiary/aromatic N) is 4. The molecule has 2 aliphatic heterocycles. The van der Waals surface area contributed by atoms with E-state index in [9.17, 15) is 13.2 Å². The van der Waals surface area contributed by atoms with Crippen LogP contribution in [0.5, 0.6) is 5.88 Å². The minimum absolute atomic E-state index is 0.0682. The molecule has 0 saturated heterocycles. The van der Waals surface area contributed by atoms with Gasteiger partial charge >= 0.3 is 6.18 Å². The fourth-order valence-corrected chi connectivity index (χ4v) is 3.20. The van der Waals surface area contributed by atoms with Gasteiger partial charge in [0.1, 0.15) is 5.82 Å². The Balaban J connectivity index is 1.70. The van der Waals surface area contributed by atoms with Crippen LogP contribution < -0.4 is 9.64 Å². The van der Waals surface area contributed by atoms with Crippen molar-refractivity contribution in [3.8, 4) is 5.88 Å². The van der Waals surface area contributed by atoms with Crippen LogP contribution in [-0.2, 0) is 25.6 Å². The molecule has 2 aliphatic rings. The van der Waals surface area contributed by atoms with E-state index in [-0.39, 0.29) is 5.28 Å². The molecule has 0 bridgehead atoms. The Morgan fingerprint density at radius 2 is 2.04 bits per heavy atom. The van der Waals surface area contributed by atoms with Crippen molar-refractivity contribution in [1.82, 2.24) is 15.0 Å². The van der Waals surface area contributed by atoms with Gasteiger partial charge in [0, 0.05) is 37.8 Å². The maximum Gasteiger partial charge on any atom is 0.417 e. The molecule has 9 heteroatoms. The number of hydrogen-bond donors (Lipinski definition) is 0. The molecule has 5 nitrogen and oxygen atoms in total. The summed E-state index contributed by atoms with van der Waals surface area (Å²) in [5, 5.41) is 0.0682. The number of halogens is 4. The summed E-state index contributed by atoms with van der Waals surface area (Å²) in [7, 11) is 0. The van der Waals surface area contributed by atoms with Crippen LogP contribution in [0.15, 0.2) is 12.3 Å². The van der Waals surface area contributed by atoms with Gasteiger partial charge in [-0.1, -0.05) is 0 Å². The molecular weight excluding hydrogens is 345 g/mol. The molecule has 0 amide bonds. The van der Waals surface area contributed by atoms with E-state index in [0.29, 0.717) is 55.5 Å². The molecule has 24 heavy (non-hydrogen) atoms. The Labute approximate surface area is 140 Å². The molecule has 4 heterocycles. The number of ether oxygens (including phenoxy) is 1. The smallest absolute Gasteiger partial charge is 0.417 e. The first-order valence-corrected chi connectivity index (χ1v) is 7.79. The van der Waals surface area contributed by atoms with Gasteiger partial charge in [-0.2, -0.15) is 18.2 Å². The van der Waals surface area contributed by atoms with Crippen molar-refractivity contribution in [2.75, 3.05) is 18.1 Å². The molecular formula is C15H12ClF3N4O. The fourth-order valence-electron chi connectivity index (χ4n) is 3.04. The Hall–Kier alpha value is -2.09. The Morgan fingerprint density at radius 3 is 2.83 bits per heavy atom. The van der Waals surface area contributed by atoms with Crippen molar-refractivity contribution in [2.24, 2.45) is 0 Å². The lowest BCUT2D eigenvalue weighted by Gasteiger charge is -2.30. The minimum Gasteiger partial charge on any atom is -0.477 e. The number of pyridine rings is 1. The molecule has 0 unspecified atom stereocenters. The van der Waals surface area contributed by atoms with E-state index in [2.05, 4.69) is 15.0 Å². The molecule has 0 spiro atoms. The zero-order valence-electron chi connectivity index (χ0n) is 12.4.